The van der Waals surface area contributed by atoms with Gasteiger partial charge in [0.2, 0.25) is 0 Å². The van der Waals surface area contributed by atoms with Crippen molar-refractivity contribution in [1.82, 2.24) is 0 Å². The molecule has 1 unspecified atom stereocenters. The van der Waals surface area contributed by atoms with Crippen LogP contribution in [0, 0.1) is 29.6 Å². The maximum Gasteiger partial charge on any atom is 0.406 e. The van der Waals surface area contributed by atoms with Gasteiger partial charge in [-0.05, 0) is 18.2 Å². The standard InChI is InChI=1S/C12H9F3N2/c1-2-9-4-3-5-11(6-9)17-8-10(7-16)12(13,14)15/h1,3-6,10,17H,8H2. The van der Waals surface area contributed by atoms with Gasteiger partial charge in [0, 0.05) is 17.8 Å². The quantitative estimate of drug-likeness (QED) is 0.822. The van der Waals surface area contributed by atoms with E-state index in [1.54, 1.807) is 24.3 Å². The summed E-state index contributed by atoms with van der Waals surface area (Å²) in [5, 5.41) is 10.9. The third-order valence-electron chi connectivity index (χ3n) is 2.09. The number of nitrogens with zero attached hydrogens (tertiary/aromatic N) is 1. The van der Waals surface area contributed by atoms with Crippen molar-refractivity contribution in [2.24, 2.45) is 5.92 Å². The first-order valence-electron chi connectivity index (χ1n) is 4.74. The Morgan fingerprint density at radius 2 is 2.12 bits per heavy atom. The number of benzene rings is 1. The number of halogens is 3. The average Bonchev–Trinajstić information content (AvgIpc) is 2.28. The van der Waals surface area contributed by atoms with Crippen LogP contribution in [0.25, 0.3) is 0 Å². The van der Waals surface area contributed by atoms with Crippen LogP contribution in [-0.4, -0.2) is 12.7 Å². The van der Waals surface area contributed by atoms with Gasteiger partial charge in [-0.3, -0.25) is 0 Å². The molecule has 0 radical (unpaired) electrons. The lowest BCUT2D eigenvalue weighted by Crippen LogP contribution is -2.28. The van der Waals surface area contributed by atoms with E-state index in [-0.39, 0.29) is 0 Å². The molecule has 0 fully saturated rings. The number of nitriles is 1. The molecule has 1 aromatic carbocycles. The van der Waals surface area contributed by atoms with Crippen molar-refractivity contribution >= 4 is 5.69 Å². The number of nitrogens with one attached hydrogen (secondary N) is 1. The van der Waals surface area contributed by atoms with Crippen LogP contribution in [0.5, 0.6) is 0 Å². The molecule has 0 aliphatic heterocycles. The van der Waals surface area contributed by atoms with Gasteiger partial charge in [-0.15, -0.1) is 6.42 Å². The largest absolute Gasteiger partial charge is 0.406 e. The van der Waals surface area contributed by atoms with E-state index in [0.717, 1.165) is 0 Å². The number of terminal acetylenes is 1. The van der Waals surface area contributed by atoms with Crippen molar-refractivity contribution in [3.8, 4) is 18.4 Å². The number of alkyl halides is 3. The van der Waals surface area contributed by atoms with Gasteiger partial charge >= 0.3 is 6.18 Å². The lowest BCUT2D eigenvalue weighted by molar-refractivity contribution is -0.155. The van der Waals surface area contributed by atoms with Crippen LogP contribution >= 0.6 is 0 Å². The highest BCUT2D eigenvalue weighted by Gasteiger charge is 2.39. The molecule has 0 bridgehead atoms. The summed E-state index contributed by atoms with van der Waals surface area (Å²) in [6.45, 7) is -0.492. The fraction of sp³-hybridized carbons (Fsp3) is 0.250. The highest BCUT2D eigenvalue weighted by atomic mass is 19.4. The third-order valence-corrected chi connectivity index (χ3v) is 2.09. The molecular formula is C12H9F3N2. The molecule has 0 aliphatic carbocycles. The molecule has 0 saturated carbocycles. The van der Waals surface area contributed by atoms with Crippen LogP contribution in [0.2, 0.25) is 0 Å². The molecule has 1 N–H and O–H groups in total. The molecule has 1 rings (SSSR count). The van der Waals surface area contributed by atoms with E-state index in [1.165, 1.54) is 6.07 Å². The molecule has 2 nitrogen and oxygen atoms in total. The molecule has 1 aromatic rings. The Labute approximate surface area is 97.1 Å². The van der Waals surface area contributed by atoms with Crippen molar-refractivity contribution in [2.75, 3.05) is 11.9 Å². The predicted molar refractivity (Wildman–Crippen MR) is 58.0 cm³/mol. The van der Waals surface area contributed by atoms with Gasteiger partial charge in [-0.1, -0.05) is 12.0 Å². The fourth-order valence-electron chi connectivity index (χ4n) is 1.17. The van der Waals surface area contributed by atoms with E-state index in [0.29, 0.717) is 11.3 Å². The molecule has 0 amide bonds. The molecule has 88 valence electrons. The lowest BCUT2D eigenvalue weighted by Gasteiger charge is -2.14. The van der Waals surface area contributed by atoms with Crippen LogP contribution in [0.15, 0.2) is 24.3 Å². The maximum absolute atomic E-state index is 12.3. The van der Waals surface area contributed by atoms with Gasteiger partial charge < -0.3 is 5.32 Å². The van der Waals surface area contributed by atoms with Crippen LogP contribution in [-0.2, 0) is 0 Å². The fourth-order valence-corrected chi connectivity index (χ4v) is 1.17. The summed E-state index contributed by atoms with van der Waals surface area (Å²) in [4.78, 5) is 0. The minimum atomic E-state index is -4.52. The lowest BCUT2D eigenvalue weighted by atomic mass is 10.1. The van der Waals surface area contributed by atoms with E-state index in [4.69, 9.17) is 11.7 Å². The monoisotopic (exact) mass is 238 g/mol. The van der Waals surface area contributed by atoms with Gasteiger partial charge in [-0.2, -0.15) is 18.4 Å². The van der Waals surface area contributed by atoms with Crippen LogP contribution in [0.1, 0.15) is 5.56 Å². The second-order valence-electron chi connectivity index (χ2n) is 3.33. The number of hydrogen-bond donors (Lipinski definition) is 1. The summed E-state index contributed by atoms with van der Waals surface area (Å²) in [5.41, 5.74) is 1.03. The first-order chi connectivity index (χ1) is 7.97. The minimum absolute atomic E-state index is 0.463. The zero-order valence-corrected chi connectivity index (χ0v) is 8.75. The molecule has 0 heterocycles. The summed E-state index contributed by atoms with van der Waals surface area (Å²) in [5.74, 6) is 0.341. The summed E-state index contributed by atoms with van der Waals surface area (Å²) in [6, 6.07) is 7.64. The molecule has 0 spiro atoms. The Kier molecular flexibility index (Phi) is 4.01. The molecule has 0 aromatic heterocycles. The zero-order valence-electron chi connectivity index (χ0n) is 8.75. The van der Waals surface area contributed by atoms with Gasteiger partial charge in [0.1, 0.15) is 0 Å². The first-order valence-corrected chi connectivity index (χ1v) is 4.74. The molecule has 0 saturated heterocycles. The summed E-state index contributed by atoms with van der Waals surface area (Å²) < 4.78 is 36.8. The Bertz CT molecular complexity index is 466. The molecule has 5 heteroatoms. The predicted octanol–water partition coefficient (Wildman–Crippen LogP) is 2.78. The number of anilines is 1. The highest BCUT2D eigenvalue weighted by Crippen LogP contribution is 2.25. The zero-order chi connectivity index (χ0) is 12.9. The molecule has 1 atom stereocenters. The van der Waals surface area contributed by atoms with E-state index in [9.17, 15) is 13.2 Å². The van der Waals surface area contributed by atoms with E-state index >= 15 is 0 Å². The van der Waals surface area contributed by atoms with E-state index in [2.05, 4.69) is 11.2 Å². The van der Waals surface area contributed by atoms with Gasteiger partial charge in [-0.25, -0.2) is 0 Å². The third kappa shape index (κ3) is 3.73. The Morgan fingerprint density at radius 3 is 2.65 bits per heavy atom. The topological polar surface area (TPSA) is 35.8 Å². The van der Waals surface area contributed by atoms with Gasteiger partial charge in [0.05, 0.1) is 6.07 Å². The summed E-state index contributed by atoms with van der Waals surface area (Å²) >= 11 is 0. The highest BCUT2D eigenvalue weighted by molar-refractivity contribution is 5.50. The van der Waals surface area contributed by atoms with Crippen LogP contribution in [0.3, 0.4) is 0 Å². The smallest absolute Gasteiger partial charge is 0.383 e. The first kappa shape index (κ1) is 12.9. The summed E-state index contributed by atoms with van der Waals surface area (Å²) in [6.07, 6.45) is 0.638. The normalized spacial score (nSPS) is 12.3. The average molecular weight is 238 g/mol. The molecule has 0 aliphatic rings. The van der Waals surface area contributed by atoms with E-state index < -0.39 is 18.6 Å². The number of rotatable bonds is 3. The van der Waals surface area contributed by atoms with Crippen LogP contribution in [0.4, 0.5) is 18.9 Å². The minimum Gasteiger partial charge on any atom is -0.383 e. The number of hydrogen-bond acceptors (Lipinski definition) is 2. The molecular weight excluding hydrogens is 229 g/mol. The SMILES string of the molecule is C#Cc1cccc(NCC(C#N)C(F)(F)F)c1. The van der Waals surface area contributed by atoms with Crippen molar-refractivity contribution in [3.63, 3.8) is 0 Å². The van der Waals surface area contributed by atoms with Crippen molar-refractivity contribution in [1.29, 1.82) is 5.26 Å². The van der Waals surface area contributed by atoms with Crippen molar-refractivity contribution < 1.29 is 13.2 Å². The van der Waals surface area contributed by atoms with E-state index in [1.807, 2.05) is 0 Å². The Morgan fingerprint density at radius 1 is 1.41 bits per heavy atom. The van der Waals surface area contributed by atoms with Crippen molar-refractivity contribution in [3.05, 3.63) is 29.8 Å². The van der Waals surface area contributed by atoms with Gasteiger partial charge in [0.25, 0.3) is 0 Å². The van der Waals surface area contributed by atoms with Gasteiger partial charge in [0.15, 0.2) is 5.92 Å². The second kappa shape index (κ2) is 5.27. The second-order valence-corrected chi connectivity index (χ2v) is 3.33. The van der Waals surface area contributed by atoms with Crippen molar-refractivity contribution in [2.45, 2.75) is 6.18 Å². The maximum atomic E-state index is 12.3. The Hall–Kier alpha value is -2.14. The van der Waals surface area contributed by atoms with Crippen LogP contribution < -0.4 is 5.32 Å². The summed E-state index contributed by atoms with van der Waals surface area (Å²) in [7, 11) is 0. The Balaban J connectivity index is 2.68. The molecule has 17 heavy (non-hydrogen) atoms.